The molecule has 0 fully saturated rings. The van der Waals surface area contributed by atoms with E-state index < -0.39 is 104 Å². The van der Waals surface area contributed by atoms with Crippen LogP contribution in [0.1, 0.15) is 19.3 Å². The maximum atomic E-state index is 13.5. The van der Waals surface area contributed by atoms with Crippen molar-refractivity contribution in [3.8, 4) is 0 Å². The van der Waals surface area contributed by atoms with E-state index in [-0.39, 0.29) is 41.6 Å². The first kappa shape index (κ1) is 45.0. The summed E-state index contributed by atoms with van der Waals surface area (Å²) in [7, 11) is 0. The summed E-state index contributed by atoms with van der Waals surface area (Å²) in [6, 6.07) is 0. The molecule has 0 aromatic rings. The molecule has 0 aliphatic rings. The van der Waals surface area contributed by atoms with Crippen molar-refractivity contribution in [2.45, 2.75) is 67.2 Å². The van der Waals surface area contributed by atoms with Gasteiger partial charge in [-0.1, -0.05) is 0 Å². The Morgan fingerprint density at radius 1 is 0.614 bits per heavy atom. The summed E-state index contributed by atoms with van der Waals surface area (Å²) in [5.41, 5.74) is 0. The second-order valence-electron chi connectivity index (χ2n) is 7.91. The van der Waals surface area contributed by atoms with Gasteiger partial charge in [-0.25, -0.2) is 0 Å². The fourth-order valence-corrected chi connectivity index (χ4v) is 2.93. The van der Waals surface area contributed by atoms with Crippen LogP contribution in [0.5, 0.6) is 0 Å². The third-order valence-corrected chi connectivity index (χ3v) is 5.54. The van der Waals surface area contributed by atoms with Crippen LogP contribution in [0, 0.1) is 5.92 Å². The molecule has 0 aromatic carbocycles. The number of hydrogen-bond donors (Lipinski definition) is 0. The van der Waals surface area contributed by atoms with Crippen LogP contribution in [-0.2, 0) is 28.4 Å². The molecule has 0 spiro atoms. The molecule has 1 unspecified atom stereocenters. The molecule has 7 nitrogen and oxygen atoms in total. The second kappa shape index (κ2) is 15.7. The topological polar surface area (TPSA) is 94.1 Å². The molecule has 0 amide bonds. The Morgan fingerprint density at radius 3 is 1.32 bits per heavy atom. The number of carbonyl (C=O) groups is 2. The number of rotatable bonds is 17. The Bertz CT molecular complexity index is 944. The van der Waals surface area contributed by atoms with Gasteiger partial charge in [-0.15, -0.1) is 0 Å². The molecule has 1 atom stereocenters. The van der Waals surface area contributed by atoms with Crippen molar-refractivity contribution >= 4 is 24.0 Å². The zero-order chi connectivity index (χ0) is 34.5. The molecule has 0 aromatic heterocycles. The predicted octanol–water partition coefficient (Wildman–Crippen LogP) is 2.67. The molecule has 0 saturated carbocycles. The maximum Gasteiger partial charge on any atom is 1.00 e. The Balaban J connectivity index is 0. The van der Waals surface area contributed by atoms with Crippen LogP contribution in [0.3, 0.4) is 0 Å². The summed E-state index contributed by atoms with van der Waals surface area (Å²) in [5, 5.41) is 12.6. The van der Waals surface area contributed by atoms with Gasteiger partial charge in [0.05, 0.1) is 38.4 Å². The van der Waals surface area contributed by atoms with E-state index in [1.54, 1.807) is 0 Å². The van der Waals surface area contributed by atoms with E-state index in [4.69, 9.17) is 0 Å². The number of ether oxygens (including phenoxy) is 2. The molecule has 0 aliphatic carbocycles. The number of hydrogen-bond acceptors (Lipinski definition) is 8. The van der Waals surface area contributed by atoms with Crippen LogP contribution in [-0.4, -0.2) is 78.8 Å². The summed E-state index contributed by atoms with van der Waals surface area (Å²) in [4.78, 5) is 23.7. The van der Waals surface area contributed by atoms with Crippen molar-refractivity contribution in [3.63, 3.8) is 0 Å². The molecule has 256 valence electrons. The van der Waals surface area contributed by atoms with Gasteiger partial charge in [0.25, 0.3) is 0 Å². The van der Waals surface area contributed by atoms with Crippen LogP contribution < -0.4 is 34.8 Å². The normalized spacial score (nSPS) is 15.0. The zero-order valence-electron chi connectivity index (χ0n) is 20.9. The van der Waals surface area contributed by atoms with Gasteiger partial charge >= 0.3 is 89.4 Å². The van der Waals surface area contributed by atoms with Gasteiger partial charge in [-0.2, -0.15) is 83.4 Å². The van der Waals surface area contributed by atoms with Gasteiger partial charge in [0.1, 0.15) is 0 Å². The Morgan fingerprint density at radius 2 is 0.977 bits per heavy atom. The average Bonchev–Trinajstić information content (AvgIpc) is 2.81. The van der Waals surface area contributed by atoms with Gasteiger partial charge in [0, 0.05) is 17.8 Å². The van der Waals surface area contributed by atoms with Crippen molar-refractivity contribution in [1.29, 1.82) is 0 Å². The van der Waals surface area contributed by atoms with Crippen molar-refractivity contribution in [1.82, 2.24) is 0 Å². The summed E-state index contributed by atoms with van der Waals surface area (Å²) in [6.45, 7) is -4.08. The quantitative estimate of drug-likeness (QED) is 0.0430. The van der Waals surface area contributed by atoms with E-state index in [1.807, 2.05) is 0 Å². The SMILES string of the molecule is O=C(CC(CSOO[O-])C(=O)OCCC(F)(F)C(F)(F)C(F)(F)C(F)(F)F)OCCC(F)(F)C(F)(F)C(F)(F)C(F)(F)F.[Na+]. The first-order valence-electron chi connectivity index (χ1n) is 10.3. The van der Waals surface area contributed by atoms with Gasteiger partial charge < -0.3 is 14.7 Å². The molecule has 27 heteroatoms. The number of esters is 2. The number of carbonyl (C=O) groups excluding carboxylic acids is 2. The third-order valence-electron chi connectivity index (χ3n) is 4.85. The molecule has 0 heterocycles. The Hall–Kier alpha value is -1.09. The number of alkyl halides is 18. The molecule has 0 rings (SSSR count). The van der Waals surface area contributed by atoms with Gasteiger partial charge in [0.2, 0.25) is 0 Å². The summed E-state index contributed by atoms with van der Waals surface area (Å²) in [6.07, 6.45) is -21.2. The van der Waals surface area contributed by atoms with E-state index in [1.165, 1.54) is 0 Å². The van der Waals surface area contributed by atoms with Crippen LogP contribution >= 0.6 is 12.0 Å². The summed E-state index contributed by atoms with van der Waals surface area (Å²) >= 11 is -0.227. The van der Waals surface area contributed by atoms with E-state index in [9.17, 15) is 93.9 Å². The molecular weight excluding hydrogens is 713 g/mol. The molecule has 0 bridgehead atoms. The summed E-state index contributed by atoms with van der Waals surface area (Å²) in [5.74, 6) is -48.3. The minimum atomic E-state index is -7.28. The van der Waals surface area contributed by atoms with Crippen LogP contribution in [0.15, 0.2) is 0 Å². The van der Waals surface area contributed by atoms with E-state index in [0.717, 1.165) is 0 Å². The monoisotopic (exact) mass is 726 g/mol. The maximum absolute atomic E-state index is 13.5. The first-order valence-corrected chi connectivity index (χ1v) is 11.2. The average molecular weight is 726 g/mol. The Labute approximate surface area is 258 Å². The van der Waals surface area contributed by atoms with Crippen molar-refractivity contribution in [3.05, 3.63) is 0 Å². The van der Waals surface area contributed by atoms with Gasteiger partial charge in [0.15, 0.2) is 0 Å². The van der Waals surface area contributed by atoms with Gasteiger partial charge in [-0.05, 0) is 0 Å². The van der Waals surface area contributed by atoms with E-state index >= 15 is 0 Å². The van der Waals surface area contributed by atoms with Crippen molar-refractivity contribution in [2.24, 2.45) is 5.92 Å². The number of halogens is 18. The van der Waals surface area contributed by atoms with Crippen molar-refractivity contribution < 1.29 is 142 Å². The van der Waals surface area contributed by atoms with E-state index in [2.05, 4.69) is 18.8 Å². The standard InChI is InChI=1S/C17H14F18O7S.Na/c18-10(19,12(22,23)14(26,27)16(30,31)32)1-3-39-8(36)5-7(6-43-42-41-38)9(37)40-4-2-11(20,21)13(24,25)15(28,29)17(33,34)35;/h7,38H,1-6H2;/q;+1/p-1. The second-order valence-corrected chi connectivity index (χ2v) is 8.62. The largest absolute Gasteiger partial charge is 1.00 e. The molecule has 0 aliphatic heterocycles. The molecular formula is C17H13F18NaO7S. The van der Waals surface area contributed by atoms with Crippen LogP contribution in [0.2, 0.25) is 0 Å². The molecule has 0 saturated heterocycles. The molecule has 0 radical (unpaired) electrons. The fraction of sp³-hybridized carbons (Fsp3) is 0.882. The summed E-state index contributed by atoms with van der Waals surface area (Å²) < 4.78 is 242. The van der Waals surface area contributed by atoms with Gasteiger partial charge in [-0.3, -0.25) is 14.6 Å². The third kappa shape index (κ3) is 10.2. The van der Waals surface area contributed by atoms with Crippen LogP contribution in [0.25, 0.3) is 0 Å². The molecule has 0 N–H and O–H groups in total. The first-order chi connectivity index (χ1) is 18.9. The van der Waals surface area contributed by atoms with Crippen molar-refractivity contribution in [2.75, 3.05) is 19.0 Å². The van der Waals surface area contributed by atoms with Crippen LogP contribution in [0.4, 0.5) is 79.0 Å². The predicted molar refractivity (Wildman–Crippen MR) is 95.7 cm³/mol. The zero-order valence-corrected chi connectivity index (χ0v) is 23.7. The minimum absolute atomic E-state index is 0. The smallest absolute Gasteiger partial charge is 0.691 e. The Kier molecular flexibility index (Phi) is 16.0. The van der Waals surface area contributed by atoms with E-state index in [0.29, 0.717) is 0 Å². The minimum Gasteiger partial charge on any atom is -0.691 e. The molecule has 44 heavy (non-hydrogen) atoms. The fourth-order valence-electron chi connectivity index (χ4n) is 2.42.